The third kappa shape index (κ3) is 3.98. The van der Waals surface area contributed by atoms with Crippen LogP contribution in [0, 0.1) is 10.1 Å². The molecule has 0 spiro atoms. The summed E-state index contributed by atoms with van der Waals surface area (Å²) in [6, 6.07) is 5.81. The van der Waals surface area contributed by atoms with Crippen LogP contribution in [0.25, 0.3) is 0 Å². The summed E-state index contributed by atoms with van der Waals surface area (Å²) in [7, 11) is 0. The predicted molar refractivity (Wildman–Crippen MR) is 101 cm³/mol. The maximum Gasteiger partial charge on any atom is 0.353 e. The van der Waals surface area contributed by atoms with Gasteiger partial charge in [0.25, 0.3) is 0 Å². The Morgan fingerprint density at radius 2 is 1.92 bits per heavy atom. The van der Waals surface area contributed by atoms with Gasteiger partial charge in [-0.2, -0.15) is 0 Å². The third-order valence-electron chi connectivity index (χ3n) is 4.36. The molecular weight excluding hydrogens is 334 g/mol. The SMILES string of the molecule is CCCCNc1ncnc(N2CCN(c3ccccn3)CC2)c1[N+](=O)[O-]. The largest absolute Gasteiger partial charge is 0.364 e. The molecule has 9 nitrogen and oxygen atoms in total. The highest BCUT2D eigenvalue weighted by Crippen LogP contribution is 2.32. The lowest BCUT2D eigenvalue weighted by atomic mass is 10.2. The number of piperazine rings is 1. The van der Waals surface area contributed by atoms with E-state index in [0.717, 1.165) is 31.7 Å². The summed E-state index contributed by atoms with van der Waals surface area (Å²) >= 11 is 0. The van der Waals surface area contributed by atoms with Gasteiger partial charge in [0.05, 0.1) is 4.92 Å². The van der Waals surface area contributed by atoms with E-state index in [4.69, 9.17) is 0 Å². The molecule has 26 heavy (non-hydrogen) atoms. The summed E-state index contributed by atoms with van der Waals surface area (Å²) in [6.45, 7) is 5.48. The van der Waals surface area contributed by atoms with Crippen LogP contribution in [0.3, 0.4) is 0 Å². The first-order valence-corrected chi connectivity index (χ1v) is 8.85. The second kappa shape index (κ2) is 8.41. The molecule has 2 aromatic heterocycles. The lowest BCUT2D eigenvalue weighted by Crippen LogP contribution is -2.47. The van der Waals surface area contributed by atoms with Gasteiger partial charge < -0.3 is 15.1 Å². The Labute approximate surface area is 152 Å². The van der Waals surface area contributed by atoms with Crippen molar-refractivity contribution in [3.05, 3.63) is 40.8 Å². The van der Waals surface area contributed by atoms with E-state index >= 15 is 0 Å². The molecular formula is C17H23N7O2. The normalized spacial score (nSPS) is 14.3. The number of pyridine rings is 1. The minimum atomic E-state index is -0.394. The van der Waals surface area contributed by atoms with E-state index in [-0.39, 0.29) is 5.69 Å². The topological polar surface area (TPSA) is 100 Å². The van der Waals surface area contributed by atoms with Gasteiger partial charge in [0.2, 0.25) is 11.6 Å². The Kier molecular flexibility index (Phi) is 5.77. The highest BCUT2D eigenvalue weighted by atomic mass is 16.6. The Hall–Kier alpha value is -2.97. The van der Waals surface area contributed by atoms with Crippen LogP contribution in [0.4, 0.5) is 23.1 Å². The smallest absolute Gasteiger partial charge is 0.353 e. The number of aromatic nitrogens is 3. The standard InChI is InChI=1S/C17H23N7O2/c1-2-3-7-19-16-15(24(25)26)17(21-13-20-16)23-11-9-22(10-12-23)14-6-4-5-8-18-14/h4-6,8,13H,2-3,7,9-12H2,1H3,(H,19,20,21). The van der Waals surface area contributed by atoms with Gasteiger partial charge in [0, 0.05) is 38.9 Å². The second-order valence-corrected chi connectivity index (χ2v) is 6.09. The van der Waals surface area contributed by atoms with Crippen LogP contribution in [0.2, 0.25) is 0 Å². The van der Waals surface area contributed by atoms with E-state index in [9.17, 15) is 10.1 Å². The first-order valence-electron chi connectivity index (χ1n) is 8.85. The Bertz CT molecular complexity index is 733. The molecule has 0 atom stereocenters. The number of anilines is 3. The number of hydrogen-bond donors (Lipinski definition) is 1. The molecule has 0 amide bonds. The number of unbranched alkanes of at least 4 members (excludes halogenated alkanes) is 1. The third-order valence-corrected chi connectivity index (χ3v) is 4.36. The molecule has 1 N–H and O–H groups in total. The van der Waals surface area contributed by atoms with Crippen LogP contribution >= 0.6 is 0 Å². The average Bonchev–Trinajstić information content (AvgIpc) is 2.68. The van der Waals surface area contributed by atoms with Crippen LogP contribution in [0.1, 0.15) is 19.8 Å². The number of nitrogens with zero attached hydrogens (tertiary/aromatic N) is 6. The summed E-state index contributed by atoms with van der Waals surface area (Å²) in [4.78, 5) is 28.0. The van der Waals surface area contributed by atoms with Crippen molar-refractivity contribution >= 4 is 23.1 Å². The Balaban J connectivity index is 1.75. The summed E-state index contributed by atoms with van der Waals surface area (Å²) in [5, 5.41) is 14.7. The maximum absolute atomic E-state index is 11.6. The van der Waals surface area contributed by atoms with Crippen molar-refractivity contribution in [1.29, 1.82) is 0 Å². The molecule has 0 radical (unpaired) electrons. The van der Waals surface area contributed by atoms with Gasteiger partial charge >= 0.3 is 5.69 Å². The molecule has 3 heterocycles. The Morgan fingerprint density at radius 3 is 2.58 bits per heavy atom. The molecule has 1 fully saturated rings. The fourth-order valence-corrected chi connectivity index (χ4v) is 2.97. The molecule has 1 aliphatic rings. The van der Waals surface area contributed by atoms with Crippen molar-refractivity contribution < 1.29 is 4.92 Å². The number of nitrogens with one attached hydrogen (secondary N) is 1. The molecule has 1 saturated heterocycles. The van der Waals surface area contributed by atoms with Gasteiger partial charge in [-0.3, -0.25) is 10.1 Å². The van der Waals surface area contributed by atoms with Crippen LogP contribution in [-0.4, -0.2) is 52.6 Å². The van der Waals surface area contributed by atoms with Gasteiger partial charge in [-0.25, -0.2) is 15.0 Å². The first-order chi connectivity index (χ1) is 12.7. The second-order valence-electron chi connectivity index (χ2n) is 6.09. The molecule has 9 heteroatoms. The monoisotopic (exact) mass is 357 g/mol. The van der Waals surface area contributed by atoms with Crippen LogP contribution in [0.5, 0.6) is 0 Å². The highest BCUT2D eigenvalue weighted by Gasteiger charge is 2.29. The zero-order valence-corrected chi connectivity index (χ0v) is 14.8. The minimum absolute atomic E-state index is 0.0464. The quantitative estimate of drug-likeness (QED) is 0.458. The van der Waals surface area contributed by atoms with Gasteiger partial charge in [-0.1, -0.05) is 19.4 Å². The lowest BCUT2D eigenvalue weighted by molar-refractivity contribution is -0.383. The maximum atomic E-state index is 11.6. The zero-order valence-electron chi connectivity index (χ0n) is 14.8. The fraction of sp³-hybridized carbons (Fsp3) is 0.471. The number of hydrogen-bond acceptors (Lipinski definition) is 8. The highest BCUT2D eigenvalue weighted by molar-refractivity contribution is 5.70. The van der Waals surface area contributed by atoms with Gasteiger partial charge in [-0.05, 0) is 18.6 Å². The molecule has 0 saturated carbocycles. The first kappa shape index (κ1) is 17.8. The molecule has 138 valence electrons. The lowest BCUT2D eigenvalue weighted by Gasteiger charge is -2.35. The van der Waals surface area contributed by atoms with Gasteiger partial charge in [-0.15, -0.1) is 0 Å². The van der Waals surface area contributed by atoms with E-state index in [1.807, 2.05) is 23.1 Å². The van der Waals surface area contributed by atoms with Crippen molar-refractivity contribution in [3.63, 3.8) is 0 Å². The predicted octanol–water partition coefficient (Wildman–Crippen LogP) is 2.32. The van der Waals surface area contributed by atoms with Crippen LogP contribution in [0.15, 0.2) is 30.7 Å². The van der Waals surface area contributed by atoms with Crippen molar-refractivity contribution in [2.75, 3.05) is 47.8 Å². The molecule has 2 aromatic rings. The van der Waals surface area contributed by atoms with Crippen molar-refractivity contribution in [2.45, 2.75) is 19.8 Å². The molecule has 0 bridgehead atoms. The van der Waals surface area contributed by atoms with Crippen LogP contribution in [-0.2, 0) is 0 Å². The molecule has 0 aromatic carbocycles. The van der Waals surface area contributed by atoms with E-state index < -0.39 is 4.92 Å². The van der Waals surface area contributed by atoms with Gasteiger partial charge in [0.15, 0.2) is 0 Å². The fourth-order valence-electron chi connectivity index (χ4n) is 2.97. The van der Waals surface area contributed by atoms with E-state index in [0.29, 0.717) is 31.3 Å². The van der Waals surface area contributed by atoms with E-state index in [1.54, 1.807) is 6.20 Å². The molecule has 0 aliphatic carbocycles. The number of rotatable bonds is 7. The van der Waals surface area contributed by atoms with E-state index in [2.05, 4.69) is 32.1 Å². The van der Waals surface area contributed by atoms with Gasteiger partial charge in [0.1, 0.15) is 12.1 Å². The minimum Gasteiger partial charge on any atom is -0.364 e. The molecule has 3 rings (SSSR count). The Morgan fingerprint density at radius 1 is 1.15 bits per heavy atom. The van der Waals surface area contributed by atoms with E-state index in [1.165, 1.54) is 6.33 Å². The number of nitro groups is 1. The van der Waals surface area contributed by atoms with Crippen molar-refractivity contribution in [1.82, 2.24) is 15.0 Å². The average molecular weight is 357 g/mol. The van der Waals surface area contributed by atoms with Crippen molar-refractivity contribution in [3.8, 4) is 0 Å². The molecule has 1 aliphatic heterocycles. The van der Waals surface area contributed by atoms with Crippen LogP contribution < -0.4 is 15.1 Å². The molecule has 0 unspecified atom stereocenters. The summed E-state index contributed by atoms with van der Waals surface area (Å²) in [5.74, 6) is 1.59. The van der Waals surface area contributed by atoms with Crippen molar-refractivity contribution in [2.24, 2.45) is 0 Å². The summed E-state index contributed by atoms with van der Waals surface area (Å²) in [5.41, 5.74) is -0.0464. The zero-order chi connectivity index (χ0) is 18.4. The summed E-state index contributed by atoms with van der Waals surface area (Å²) in [6.07, 6.45) is 5.10. The summed E-state index contributed by atoms with van der Waals surface area (Å²) < 4.78 is 0.